The minimum absolute atomic E-state index is 1.07. The lowest BCUT2D eigenvalue weighted by Gasteiger charge is -2.03. The van der Waals surface area contributed by atoms with E-state index in [9.17, 15) is 0 Å². The van der Waals surface area contributed by atoms with Crippen LogP contribution in [0.2, 0.25) is 0 Å². The van der Waals surface area contributed by atoms with Crippen molar-refractivity contribution in [2.24, 2.45) is 0 Å². The van der Waals surface area contributed by atoms with E-state index in [1.54, 1.807) is 0 Å². The molecular weight excluding hydrogens is 287 g/mol. The number of fused-ring (bicyclic) bond motifs is 1. The molecule has 0 spiro atoms. The molecular formula is C11H13IN2. The van der Waals surface area contributed by atoms with E-state index in [0.29, 0.717) is 0 Å². The maximum atomic E-state index is 4.49. The largest absolute Gasteiger partial charge is 0.316 e. The Morgan fingerprint density at radius 2 is 1.86 bits per heavy atom. The van der Waals surface area contributed by atoms with Crippen LogP contribution in [0, 0.1) is 31.3 Å². The van der Waals surface area contributed by atoms with Crippen molar-refractivity contribution in [3.8, 4) is 0 Å². The summed E-state index contributed by atoms with van der Waals surface area (Å²) < 4.78 is 3.59. The summed E-state index contributed by atoms with van der Waals surface area (Å²) in [6, 6.07) is 0. The van der Waals surface area contributed by atoms with Crippen LogP contribution in [0.4, 0.5) is 0 Å². The number of aromatic nitrogens is 2. The standard InChI is InChI=1S/C11H13IN2/c1-6-5-14-9(4)10(12)7(2)11(14)8(3)13-6/h5H,1-4H3. The van der Waals surface area contributed by atoms with E-state index in [0.717, 1.165) is 11.4 Å². The van der Waals surface area contributed by atoms with Gasteiger partial charge in [0.2, 0.25) is 0 Å². The van der Waals surface area contributed by atoms with Crippen LogP contribution in [0.15, 0.2) is 6.20 Å². The zero-order chi connectivity index (χ0) is 10.5. The van der Waals surface area contributed by atoms with E-state index in [-0.39, 0.29) is 0 Å². The summed E-state index contributed by atoms with van der Waals surface area (Å²) in [6.07, 6.45) is 2.10. The van der Waals surface area contributed by atoms with Crippen molar-refractivity contribution < 1.29 is 0 Å². The number of rotatable bonds is 0. The van der Waals surface area contributed by atoms with Crippen LogP contribution in [0.25, 0.3) is 5.52 Å². The van der Waals surface area contributed by atoms with Gasteiger partial charge in [-0.25, -0.2) is 0 Å². The molecule has 0 saturated heterocycles. The Kier molecular flexibility index (Phi) is 2.29. The van der Waals surface area contributed by atoms with Crippen molar-refractivity contribution in [1.29, 1.82) is 0 Å². The summed E-state index contributed by atoms with van der Waals surface area (Å²) in [5.41, 5.74) is 6.11. The van der Waals surface area contributed by atoms with Crippen LogP contribution in [0.1, 0.15) is 22.6 Å². The summed E-state index contributed by atoms with van der Waals surface area (Å²) in [5.74, 6) is 0. The fourth-order valence-electron chi connectivity index (χ4n) is 1.97. The average Bonchev–Trinajstić information content (AvgIpc) is 2.31. The normalized spacial score (nSPS) is 11.2. The van der Waals surface area contributed by atoms with Crippen molar-refractivity contribution >= 4 is 28.1 Å². The molecule has 0 aliphatic heterocycles. The number of hydrogen-bond donors (Lipinski definition) is 0. The van der Waals surface area contributed by atoms with Gasteiger partial charge in [0, 0.05) is 15.5 Å². The molecule has 0 amide bonds. The molecule has 3 heteroatoms. The van der Waals surface area contributed by atoms with E-state index in [1.807, 2.05) is 6.92 Å². The topological polar surface area (TPSA) is 17.3 Å². The van der Waals surface area contributed by atoms with Crippen LogP contribution in [-0.4, -0.2) is 9.38 Å². The fourth-order valence-corrected chi connectivity index (χ4v) is 2.48. The molecule has 0 saturated carbocycles. The number of halogens is 1. The zero-order valence-corrected chi connectivity index (χ0v) is 11.0. The van der Waals surface area contributed by atoms with E-state index < -0.39 is 0 Å². The van der Waals surface area contributed by atoms with Gasteiger partial charge in [-0.1, -0.05) is 0 Å². The minimum Gasteiger partial charge on any atom is -0.316 e. The number of nitrogens with zero attached hydrogens (tertiary/aromatic N) is 2. The van der Waals surface area contributed by atoms with E-state index in [4.69, 9.17) is 0 Å². The fraction of sp³-hybridized carbons (Fsp3) is 0.364. The van der Waals surface area contributed by atoms with Crippen molar-refractivity contribution in [1.82, 2.24) is 9.38 Å². The third kappa shape index (κ3) is 1.26. The summed E-state index contributed by atoms with van der Waals surface area (Å²) in [7, 11) is 0. The Hall–Kier alpha value is -0.580. The van der Waals surface area contributed by atoms with Crippen molar-refractivity contribution in [2.45, 2.75) is 27.7 Å². The summed E-state index contributed by atoms with van der Waals surface area (Å²) >= 11 is 2.40. The Morgan fingerprint density at radius 1 is 1.21 bits per heavy atom. The van der Waals surface area contributed by atoms with Crippen LogP contribution >= 0.6 is 22.6 Å². The molecule has 0 aliphatic carbocycles. The van der Waals surface area contributed by atoms with E-state index in [2.05, 4.69) is 58.9 Å². The molecule has 2 heterocycles. The van der Waals surface area contributed by atoms with Crippen molar-refractivity contribution in [3.63, 3.8) is 0 Å². The van der Waals surface area contributed by atoms with Gasteiger partial charge in [-0.2, -0.15) is 0 Å². The molecule has 2 aromatic heterocycles. The molecule has 0 aromatic carbocycles. The predicted molar refractivity (Wildman–Crippen MR) is 66.9 cm³/mol. The lowest BCUT2D eigenvalue weighted by Crippen LogP contribution is -1.95. The minimum atomic E-state index is 1.07. The lowest BCUT2D eigenvalue weighted by atomic mass is 10.2. The second-order valence-corrected chi connectivity index (χ2v) is 4.79. The molecule has 2 rings (SSSR count). The highest BCUT2D eigenvalue weighted by atomic mass is 127. The van der Waals surface area contributed by atoms with Crippen molar-refractivity contribution in [3.05, 3.63) is 32.4 Å². The highest BCUT2D eigenvalue weighted by Crippen LogP contribution is 2.25. The van der Waals surface area contributed by atoms with E-state index >= 15 is 0 Å². The highest BCUT2D eigenvalue weighted by molar-refractivity contribution is 14.1. The molecule has 0 radical (unpaired) electrons. The number of hydrogen-bond acceptors (Lipinski definition) is 1. The van der Waals surface area contributed by atoms with Gasteiger partial charge < -0.3 is 4.40 Å². The molecule has 0 atom stereocenters. The maximum Gasteiger partial charge on any atom is 0.0707 e. The molecule has 0 aliphatic rings. The Bertz CT molecular complexity index is 512. The number of aryl methyl sites for hydroxylation is 4. The zero-order valence-electron chi connectivity index (χ0n) is 8.85. The lowest BCUT2D eigenvalue weighted by molar-refractivity contribution is 1.00. The smallest absolute Gasteiger partial charge is 0.0707 e. The third-order valence-electron chi connectivity index (χ3n) is 2.61. The molecule has 0 N–H and O–H groups in total. The predicted octanol–water partition coefficient (Wildman–Crippen LogP) is 3.17. The van der Waals surface area contributed by atoms with Gasteiger partial charge in [0.25, 0.3) is 0 Å². The van der Waals surface area contributed by atoms with Crippen LogP contribution in [-0.2, 0) is 0 Å². The first-order valence-corrected chi connectivity index (χ1v) is 5.71. The second-order valence-electron chi connectivity index (χ2n) is 3.71. The first kappa shape index (κ1) is 9.96. The van der Waals surface area contributed by atoms with Gasteiger partial charge >= 0.3 is 0 Å². The van der Waals surface area contributed by atoms with Crippen LogP contribution < -0.4 is 0 Å². The van der Waals surface area contributed by atoms with Gasteiger partial charge in [0.15, 0.2) is 0 Å². The summed E-state index contributed by atoms with van der Waals surface area (Å²) in [6.45, 7) is 8.42. The highest BCUT2D eigenvalue weighted by Gasteiger charge is 2.12. The quantitative estimate of drug-likeness (QED) is 0.683. The molecule has 2 nitrogen and oxygen atoms in total. The monoisotopic (exact) mass is 300 g/mol. The maximum absolute atomic E-state index is 4.49. The van der Waals surface area contributed by atoms with Crippen molar-refractivity contribution in [2.75, 3.05) is 0 Å². The molecule has 0 fully saturated rings. The molecule has 74 valence electrons. The molecule has 2 aromatic rings. The molecule has 0 unspecified atom stereocenters. The first-order valence-electron chi connectivity index (χ1n) is 4.63. The average molecular weight is 300 g/mol. The Labute approximate surface area is 97.5 Å². The van der Waals surface area contributed by atoms with Gasteiger partial charge in [-0.15, -0.1) is 0 Å². The molecule has 0 bridgehead atoms. The summed E-state index contributed by atoms with van der Waals surface area (Å²) in [5, 5.41) is 0. The van der Waals surface area contributed by atoms with Crippen LogP contribution in [0.5, 0.6) is 0 Å². The first-order chi connectivity index (χ1) is 6.52. The van der Waals surface area contributed by atoms with Gasteiger partial charge in [-0.3, -0.25) is 4.98 Å². The summed E-state index contributed by atoms with van der Waals surface area (Å²) in [4.78, 5) is 4.49. The third-order valence-corrected chi connectivity index (χ3v) is 4.20. The van der Waals surface area contributed by atoms with E-state index in [1.165, 1.54) is 20.3 Å². The van der Waals surface area contributed by atoms with Gasteiger partial charge in [-0.05, 0) is 55.8 Å². The Morgan fingerprint density at radius 3 is 2.50 bits per heavy atom. The van der Waals surface area contributed by atoms with Gasteiger partial charge in [0.1, 0.15) is 0 Å². The van der Waals surface area contributed by atoms with Gasteiger partial charge in [0.05, 0.1) is 16.9 Å². The molecule has 14 heavy (non-hydrogen) atoms. The second kappa shape index (κ2) is 3.22. The Balaban J connectivity index is 3.02. The van der Waals surface area contributed by atoms with Crippen LogP contribution in [0.3, 0.4) is 0 Å². The SMILES string of the molecule is Cc1cn2c(C)c(I)c(C)c2c(C)n1.